The fourth-order valence-corrected chi connectivity index (χ4v) is 1.59. The van der Waals surface area contributed by atoms with E-state index in [0.717, 1.165) is 6.21 Å². The summed E-state index contributed by atoms with van der Waals surface area (Å²) in [4.78, 5) is 0. The smallest absolute Gasteiger partial charge is 0.334 e. The number of methoxy groups -OCH3 is 1. The van der Waals surface area contributed by atoms with Crippen molar-refractivity contribution in [3.63, 3.8) is 0 Å². The Morgan fingerprint density at radius 2 is 1.88 bits per heavy atom. The van der Waals surface area contributed by atoms with Crippen LogP contribution in [0.2, 0.25) is 0 Å². The average molecular weight is 331 g/mol. The maximum Gasteiger partial charge on any atom is 0.334 e. The molecule has 1 rings (SSSR count). The standard InChI is InChI=1S/C17H24BN2O4/c1-16(2,22)17(3,4)24-18-13-7-6-11(8-14(13)21)12(10-19)9-15(20)23-5/h6-10,19-22H,1-5H3/b12-9+,19-10?,20-15?. The summed E-state index contributed by atoms with van der Waals surface area (Å²) in [5, 5.41) is 35.2. The van der Waals surface area contributed by atoms with Crippen LogP contribution in [-0.2, 0) is 9.39 Å². The van der Waals surface area contributed by atoms with Gasteiger partial charge in [-0.15, -0.1) is 0 Å². The summed E-state index contributed by atoms with van der Waals surface area (Å²) in [5.41, 5.74) is -0.451. The van der Waals surface area contributed by atoms with Crippen molar-refractivity contribution in [2.24, 2.45) is 0 Å². The lowest BCUT2D eigenvalue weighted by atomic mass is 9.81. The number of nitrogens with one attached hydrogen (secondary N) is 2. The molecule has 0 aliphatic carbocycles. The minimum absolute atomic E-state index is 0.0317. The zero-order valence-corrected chi connectivity index (χ0v) is 14.7. The molecule has 0 aliphatic heterocycles. The number of hydrogen-bond acceptors (Lipinski definition) is 6. The quantitative estimate of drug-likeness (QED) is 0.347. The molecule has 0 bridgehead atoms. The molecule has 0 saturated heterocycles. The van der Waals surface area contributed by atoms with E-state index in [9.17, 15) is 10.2 Å². The Bertz CT molecular complexity index is 648. The summed E-state index contributed by atoms with van der Waals surface area (Å²) in [7, 11) is 2.76. The maximum absolute atomic E-state index is 10.2. The summed E-state index contributed by atoms with van der Waals surface area (Å²) in [6, 6.07) is 4.82. The van der Waals surface area contributed by atoms with Crippen molar-refractivity contribution < 1.29 is 19.6 Å². The number of benzene rings is 1. The van der Waals surface area contributed by atoms with Crippen molar-refractivity contribution in [3.05, 3.63) is 29.8 Å². The van der Waals surface area contributed by atoms with Gasteiger partial charge >= 0.3 is 7.48 Å². The molecule has 24 heavy (non-hydrogen) atoms. The minimum atomic E-state index is -1.06. The van der Waals surface area contributed by atoms with Gasteiger partial charge in [0.05, 0.1) is 18.3 Å². The van der Waals surface area contributed by atoms with Gasteiger partial charge in [0.2, 0.25) is 5.90 Å². The molecule has 0 aromatic heterocycles. The van der Waals surface area contributed by atoms with Crippen LogP contribution in [0.1, 0.15) is 33.3 Å². The summed E-state index contributed by atoms with van der Waals surface area (Å²) >= 11 is 0. The second-order valence-electron chi connectivity index (χ2n) is 6.39. The molecule has 0 fully saturated rings. The molecule has 129 valence electrons. The Kier molecular flexibility index (Phi) is 6.34. The van der Waals surface area contributed by atoms with Crippen LogP contribution in [0.3, 0.4) is 0 Å². The number of phenolic OH excluding ortho intramolecular Hbond substituents is 1. The summed E-state index contributed by atoms with van der Waals surface area (Å²) in [6.45, 7) is 6.80. The van der Waals surface area contributed by atoms with Crippen molar-refractivity contribution in [3.8, 4) is 5.75 Å². The zero-order chi connectivity index (χ0) is 18.5. The van der Waals surface area contributed by atoms with E-state index in [4.69, 9.17) is 20.2 Å². The molecule has 0 spiro atoms. The van der Waals surface area contributed by atoms with Gasteiger partial charge in [-0.1, -0.05) is 12.1 Å². The third kappa shape index (κ3) is 4.94. The van der Waals surface area contributed by atoms with Crippen LogP contribution in [0.15, 0.2) is 24.3 Å². The third-order valence-electron chi connectivity index (χ3n) is 3.98. The first-order valence-electron chi connectivity index (χ1n) is 7.43. The lowest BCUT2D eigenvalue weighted by Crippen LogP contribution is -2.49. The van der Waals surface area contributed by atoms with Gasteiger partial charge in [-0.25, -0.2) is 0 Å². The molecule has 1 radical (unpaired) electrons. The highest BCUT2D eigenvalue weighted by atomic mass is 16.5. The number of aliphatic hydroxyl groups is 1. The predicted octanol–water partition coefficient (Wildman–Crippen LogP) is 1.86. The van der Waals surface area contributed by atoms with Crippen LogP contribution < -0.4 is 5.46 Å². The van der Waals surface area contributed by atoms with Crippen LogP contribution in [0.25, 0.3) is 5.57 Å². The SMILES string of the molecule is COC(=N)/C=C(\C=N)c1ccc([B]OC(C)(C)C(C)(C)O)c(O)c1. The highest BCUT2D eigenvalue weighted by Crippen LogP contribution is 2.25. The summed E-state index contributed by atoms with van der Waals surface area (Å²) < 4.78 is 10.4. The molecule has 0 heterocycles. The number of phenols is 1. The van der Waals surface area contributed by atoms with Gasteiger partial charge in [0, 0.05) is 17.9 Å². The lowest BCUT2D eigenvalue weighted by Gasteiger charge is -2.37. The first-order chi connectivity index (χ1) is 11.0. The molecule has 1 aromatic rings. The molecule has 6 nitrogen and oxygen atoms in total. The highest BCUT2D eigenvalue weighted by molar-refractivity contribution is 6.48. The van der Waals surface area contributed by atoms with Gasteiger partial charge in [-0.2, -0.15) is 0 Å². The summed E-state index contributed by atoms with van der Waals surface area (Å²) in [5.74, 6) is -0.116. The normalized spacial score (nSPS) is 12.7. The second kappa shape index (κ2) is 7.64. The Hall–Kier alpha value is -2.12. The fraction of sp³-hybridized carbons (Fsp3) is 0.412. The molecule has 4 N–H and O–H groups in total. The van der Waals surface area contributed by atoms with Crippen LogP contribution in [-0.4, -0.2) is 48.1 Å². The van der Waals surface area contributed by atoms with Crippen molar-refractivity contribution in [2.75, 3.05) is 7.11 Å². The molecule has 1 aromatic carbocycles. The molecular weight excluding hydrogens is 307 g/mol. The topological polar surface area (TPSA) is 107 Å². The molecule has 0 atom stereocenters. The van der Waals surface area contributed by atoms with Gasteiger partial charge < -0.3 is 25.0 Å². The first-order valence-corrected chi connectivity index (χ1v) is 7.43. The van der Waals surface area contributed by atoms with E-state index in [1.165, 1.54) is 26.7 Å². The summed E-state index contributed by atoms with van der Waals surface area (Å²) in [6.07, 6.45) is 2.47. The van der Waals surface area contributed by atoms with Gasteiger partial charge in [0.15, 0.2) is 0 Å². The van der Waals surface area contributed by atoms with E-state index >= 15 is 0 Å². The Balaban J connectivity index is 2.98. The van der Waals surface area contributed by atoms with Crippen LogP contribution in [0, 0.1) is 10.8 Å². The average Bonchev–Trinajstić information content (AvgIpc) is 2.49. The number of ether oxygens (including phenoxy) is 1. The Morgan fingerprint density at radius 3 is 2.33 bits per heavy atom. The number of rotatable bonds is 7. The number of allylic oxidation sites excluding steroid dienone is 1. The van der Waals surface area contributed by atoms with Crippen molar-refractivity contribution >= 4 is 30.6 Å². The molecule has 0 amide bonds. The fourth-order valence-electron chi connectivity index (χ4n) is 1.59. The number of aromatic hydroxyl groups is 1. The van der Waals surface area contributed by atoms with Gasteiger partial charge in [0.1, 0.15) is 5.75 Å². The van der Waals surface area contributed by atoms with E-state index in [1.54, 1.807) is 39.8 Å². The Morgan fingerprint density at radius 1 is 1.25 bits per heavy atom. The molecule has 0 saturated carbocycles. The van der Waals surface area contributed by atoms with Crippen LogP contribution in [0.5, 0.6) is 5.75 Å². The zero-order valence-electron chi connectivity index (χ0n) is 14.7. The van der Waals surface area contributed by atoms with Crippen molar-refractivity contribution in [1.82, 2.24) is 0 Å². The molecule has 7 heteroatoms. The monoisotopic (exact) mass is 331 g/mol. The maximum atomic E-state index is 10.2. The van der Waals surface area contributed by atoms with Gasteiger partial charge in [-0.05, 0) is 44.8 Å². The van der Waals surface area contributed by atoms with E-state index in [2.05, 4.69) is 0 Å². The molecular formula is C17H24BN2O4. The van der Waals surface area contributed by atoms with E-state index in [1.807, 2.05) is 0 Å². The van der Waals surface area contributed by atoms with Gasteiger partial charge in [-0.3, -0.25) is 5.41 Å². The molecule has 0 unspecified atom stereocenters. The Labute approximate surface area is 143 Å². The van der Waals surface area contributed by atoms with Gasteiger partial charge in [0.25, 0.3) is 0 Å². The third-order valence-corrected chi connectivity index (χ3v) is 3.98. The predicted molar refractivity (Wildman–Crippen MR) is 96.5 cm³/mol. The first kappa shape index (κ1) is 19.9. The highest BCUT2D eigenvalue weighted by Gasteiger charge is 2.35. The van der Waals surface area contributed by atoms with Crippen LogP contribution >= 0.6 is 0 Å². The number of hydrogen-bond donors (Lipinski definition) is 4. The van der Waals surface area contributed by atoms with Crippen molar-refractivity contribution in [2.45, 2.75) is 38.9 Å². The van der Waals surface area contributed by atoms with E-state index in [0.29, 0.717) is 16.6 Å². The molecule has 0 aliphatic rings. The van der Waals surface area contributed by atoms with Crippen molar-refractivity contribution in [1.29, 1.82) is 10.8 Å². The van der Waals surface area contributed by atoms with E-state index < -0.39 is 11.2 Å². The van der Waals surface area contributed by atoms with Crippen LogP contribution in [0.4, 0.5) is 0 Å². The minimum Gasteiger partial charge on any atom is -0.508 e. The second-order valence-corrected chi connectivity index (χ2v) is 6.39. The lowest BCUT2D eigenvalue weighted by molar-refractivity contribution is -0.0893. The van der Waals surface area contributed by atoms with E-state index in [-0.39, 0.29) is 11.6 Å². The largest absolute Gasteiger partial charge is 0.508 e.